The molecule has 158 valence electrons. The molecule has 6 unspecified atom stereocenters. The minimum atomic E-state index is -0.215. The molecular weight excluding hydrogens is 380 g/mol. The molecule has 1 aromatic carbocycles. The van der Waals surface area contributed by atoms with Crippen molar-refractivity contribution in [2.24, 2.45) is 35.5 Å². The number of hydrogen-bond acceptors (Lipinski definition) is 4. The summed E-state index contributed by atoms with van der Waals surface area (Å²) in [6.07, 6.45) is 5.02. The summed E-state index contributed by atoms with van der Waals surface area (Å²) in [5.41, 5.74) is 1.06. The number of imide groups is 2. The first-order valence-corrected chi connectivity index (χ1v) is 11.2. The molecule has 0 radical (unpaired) electrons. The van der Waals surface area contributed by atoms with Gasteiger partial charge in [0.15, 0.2) is 0 Å². The minimum absolute atomic E-state index is 0.113. The average Bonchev–Trinajstić information content (AvgIpc) is 3.12. The monoisotopic (exact) mass is 408 g/mol. The summed E-state index contributed by atoms with van der Waals surface area (Å²) in [5.74, 6) is -0.375. The van der Waals surface area contributed by atoms with Crippen LogP contribution >= 0.6 is 0 Å². The van der Waals surface area contributed by atoms with Gasteiger partial charge in [0, 0.05) is 0 Å². The smallest absolute Gasteiger partial charge is 0.237 e. The van der Waals surface area contributed by atoms with Gasteiger partial charge in [-0.05, 0) is 74.6 Å². The number of carbonyl (C=O) groups is 4. The Morgan fingerprint density at radius 2 is 0.900 bits per heavy atom. The van der Waals surface area contributed by atoms with E-state index in [2.05, 4.69) is 13.8 Å². The topological polar surface area (TPSA) is 74.8 Å². The van der Waals surface area contributed by atoms with Gasteiger partial charge in [0.25, 0.3) is 0 Å². The Hall–Kier alpha value is -2.50. The molecule has 0 bridgehead atoms. The van der Waals surface area contributed by atoms with E-state index in [1.807, 2.05) is 0 Å². The fraction of sp³-hybridized carbons (Fsp3) is 0.583. The van der Waals surface area contributed by atoms with Crippen molar-refractivity contribution in [2.75, 3.05) is 9.80 Å². The van der Waals surface area contributed by atoms with E-state index in [0.717, 1.165) is 38.5 Å². The minimum Gasteiger partial charge on any atom is -0.274 e. The maximum absolute atomic E-state index is 12.9. The third-order valence-electron chi connectivity index (χ3n) is 7.74. The summed E-state index contributed by atoms with van der Waals surface area (Å²) < 4.78 is 0. The summed E-state index contributed by atoms with van der Waals surface area (Å²) in [7, 11) is 0. The van der Waals surface area contributed by atoms with Crippen LogP contribution in [-0.4, -0.2) is 23.6 Å². The lowest BCUT2D eigenvalue weighted by atomic mass is 9.76. The normalized spacial score (nSPS) is 36.3. The third-order valence-corrected chi connectivity index (χ3v) is 7.74. The molecule has 0 N–H and O–H groups in total. The van der Waals surface area contributed by atoms with Crippen molar-refractivity contribution in [3.8, 4) is 0 Å². The van der Waals surface area contributed by atoms with Gasteiger partial charge in [0.2, 0.25) is 23.6 Å². The van der Waals surface area contributed by atoms with Crippen molar-refractivity contribution in [1.82, 2.24) is 0 Å². The summed E-state index contributed by atoms with van der Waals surface area (Å²) in [4.78, 5) is 54.3. The first-order valence-electron chi connectivity index (χ1n) is 11.2. The van der Waals surface area contributed by atoms with Gasteiger partial charge in [0.05, 0.1) is 35.0 Å². The highest BCUT2D eigenvalue weighted by Crippen LogP contribution is 2.44. The van der Waals surface area contributed by atoms with Crippen LogP contribution in [0, 0.1) is 35.5 Å². The number of amides is 4. The standard InChI is InChI=1S/C24H28N2O4/c1-13-3-9-17-19(11-13)23(29)25(21(17)27)15-5-7-16(8-6-15)26-22(28)18-10-4-14(2)12-20(18)24(26)30/h5-8,13-14,17-20H,3-4,9-12H2,1-2H3. The fourth-order valence-electron chi connectivity index (χ4n) is 6.04. The Balaban J connectivity index is 1.39. The summed E-state index contributed by atoms with van der Waals surface area (Å²) >= 11 is 0. The van der Waals surface area contributed by atoms with Crippen LogP contribution in [-0.2, 0) is 19.2 Å². The second-order valence-electron chi connectivity index (χ2n) is 9.80. The van der Waals surface area contributed by atoms with Crippen molar-refractivity contribution in [3.63, 3.8) is 0 Å². The Kier molecular flexibility index (Phi) is 4.56. The van der Waals surface area contributed by atoms with Crippen LogP contribution in [0.15, 0.2) is 24.3 Å². The summed E-state index contributed by atoms with van der Waals surface area (Å²) in [6.45, 7) is 4.27. The van der Waals surface area contributed by atoms with Gasteiger partial charge in [-0.2, -0.15) is 0 Å². The molecule has 2 saturated carbocycles. The number of anilines is 2. The molecule has 6 heteroatoms. The lowest BCUT2D eigenvalue weighted by Crippen LogP contribution is -2.32. The molecule has 4 aliphatic rings. The lowest BCUT2D eigenvalue weighted by molar-refractivity contribution is -0.124. The first kappa shape index (κ1) is 19.5. The molecule has 2 aliphatic carbocycles. The Labute approximate surface area is 176 Å². The van der Waals surface area contributed by atoms with Gasteiger partial charge in [0.1, 0.15) is 0 Å². The number of fused-ring (bicyclic) bond motifs is 2. The van der Waals surface area contributed by atoms with Gasteiger partial charge in [-0.1, -0.05) is 13.8 Å². The van der Waals surface area contributed by atoms with Crippen LogP contribution in [0.4, 0.5) is 11.4 Å². The maximum atomic E-state index is 12.9. The second-order valence-corrected chi connectivity index (χ2v) is 9.80. The molecule has 2 saturated heterocycles. The summed E-state index contributed by atoms with van der Waals surface area (Å²) in [6, 6.07) is 6.77. The van der Waals surface area contributed by atoms with Crippen LogP contribution in [0.25, 0.3) is 0 Å². The third kappa shape index (κ3) is 2.83. The number of carbonyl (C=O) groups excluding carboxylic acids is 4. The van der Waals surface area contributed by atoms with Crippen molar-refractivity contribution in [3.05, 3.63) is 24.3 Å². The fourth-order valence-corrected chi connectivity index (χ4v) is 6.04. The molecule has 4 amide bonds. The van der Waals surface area contributed by atoms with Gasteiger partial charge >= 0.3 is 0 Å². The molecule has 2 aliphatic heterocycles. The maximum Gasteiger partial charge on any atom is 0.237 e. The highest BCUT2D eigenvalue weighted by atomic mass is 16.2. The van der Waals surface area contributed by atoms with Crippen LogP contribution in [0.3, 0.4) is 0 Å². The number of hydrogen-bond donors (Lipinski definition) is 0. The average molecular weight is 408 g/mol. The molecular formula is C24H28N2O4. The second kappa shape index (κ2) is 7.03. The summed E-state index contributed by atoms with van der Waals surface area (Å²) in [5, 5.41) is 0. The predicted molar refractivity (Wildman–Crippen MR) is 111 cm³/mol. The molecule has 5 rings (SSSR count). The zero-order valence-corrected chi connectivity index (χ0v) is 17.5. The van der Waals surface area contributed by atoms with Crippen molar-refractivity contribution in [1.29, 1.82) is 0 Å². The quantitative estimate of drug-likeness (QED) is 0.702. The van der Waals surface area contributed by atoms with Crippen molar-refractivity contribution >= 4 is 35.0 Å². The Morgan fingerprint density at radius 1 is 0.567 bits per heavy atom. The Bertz CT molecular complexity index is 849. The van der Waals surface area contributed by atoms with E-state index in [1.165, 1.54) is 9.80 Å². The highest BCUT2D eigenvalue weighted by Gasteiger charge is 2.51. The molecule has 0 spiro atoms. The SMILES string of the molecule is CC1CCC2C(=O)N(c3ccc(N4C(=O)C5CCC(C)CC5C4=O)cc3)C(=O)C2C1. The number of nitrogens with zero attached hydrogens (tertiary/aromatic N) is 2. The highest BCUT2D eigenvalue weighted by molar-refractivity contribution is 6.23. The molecule has 0 aromatic heterocycles. The predicted octanol–water partition coefficient (Wildman–Crippen LogP) is 3.54. The number of benzene rings is 1. The van der Waals surface area contributed by atoms with Crippen LogP contribution in [0.2, 0.25) is 0 Å². The zero-order valence-electron chi connectivity index (χ0n) is 17.5. The zero-order chi connectivity index (χ0) is 21.2. The molecule has 6 atom stereocenters. The van der Waals surface area contributed by atoms with E-state index >= 15 is 0 Å². The van der Waals surface area contributed by atoms with Gasteiger partial charge in [-0.25, -0.2) is 0 Å². The lowest BCUT2D eigenvalue weighted by Gasteiger charge is -2.25. The number of rotatable bonds is 2. The molecule has 30 heavy (non-hydrogen) atoms. The van der Waals surface area contributed by atoms with Crippen molar-refractivity contribution in [2.45, 2.75) is 52.4 Å². The van der Waals surface area contributed by atoms with E-state index < -0.39 is 0 Å². The van der Waals surface area contributed by atoms with E-state index in [9.17, 15) is 19.2 Å². The van der Waals surface area contributed by atoms with E-state index in [0.29, 0.717) is 23.2 Å². The van der Waals surface area contributed by atoms with E-state index in [-0.39, 0.29) is 47.3 Å². The first-order chi connectivity index (χ1) is 14.4. The molecule has 2 heterocycles. The van der Waals surface area contributed by atoms with Gasteiger partial charge < -0.3 is 0 Å². The molecule has 6 nitrogen and oxygen atoms in total. The van der Waals surface area contributed by atoms with Crippen LogP contribution < -0.4 is 9.80 Å². The van der Waals surface area contributed by atoms with Gasteiger partial charge in [-0.15, -0.1) is 0 Å². The molecule has 4 fully saturated rings. The largest absolute Gasteiger partial charge is 0.274 e. The van der Waals surface area contributed by atoms with Crippen molar-refractivity contribution < 1.29 is 19.2 Å². The molecule has 1 aromatic rings. The van der Waals surface area contributed by atoms with Crippen LogP contribution in [0.5, 0.6) is 0 Å². The van der Waals surface area contributed by atoms with E-state index in [1.54, 1.807) is 24.3 Å². The van der Waals surface area contributed by atoms with Gasteiger partial charge in [-0.3, -0.25) is 29.0 Å². The van der Waals surface area contributed by atoms with Crippen LogP contribution in [0.1, 0.15) is 52.4 Å². The Morgan fingerprint density at radius 3 is 1.27 bits per heavy atom. The van der Waals surface area contributed by atoms with E-state index in [4.69, 9.17) is 0 Å².